The van der Waals surface area contributed by atoms with Gasteiger partial charge in [-0.2, -0.15) is 18.4 Å². The molecule has 0 bridgehead atoms. The summed E-state index contributed by atoms with van der Waals surface area (Å²) in [6.45, 7) is 2.05. The zero-order chi connectivity index (χ0) is 18.6. The molecule has 0 spiro atoms. The molecule has 0 amide bonds. The summed E-state index contributed by atoms with van der Waals surface area (Å²) in [6, 6.07) is 7.84. The molecule has 2 aromatic rings. The van der Waals surface area contributed by atoms with Gasteiger partial charge in [0.2, 0.25) is 5.88 Å². The van der Waals surface area contributed by atoms with E-state index in [2.05, 4.69) is 14.9 Å². The van der Waals surface area contributed by atoms with Gasteiger partial charge in [-0.05, 0) is 37.0 Å². The Morgan fingerprint density at radius 1 is 1.12 bits per heavy atom. The van der Waals surface area contributed by atoms with Crippen molar-refractivity contribution in [3.05, 3.63) is 47.8 Å². The lowest BCUT2D eigenvalue weighted by Gasteiger charge is -2.32. The summed E-state index contributed by atoms with van der Waals surface area (Å²) >= 11 is 0. The van der Waals surface area contributed by atoms with Crippen LogP contribution in [0.2, 0.25) is 0 Å². The van der Waals surface area contributed by atoms with Gasteiger partial charge in [-0.15, -0.1) is 0 Å². The fraction of sp³-hybridized carbons (Fsp3) is 0.389. The van der Waals surface area contributed by atoms with Gasteiger partial charge in [0.05, 0.1) is 17.7 Å². The van der Waals surface area contributed by atoms with Crippen LogP contribution in [0.3, 0.4) is 0 Å². The lowest BCUT2D eigenvalue weighted by Crippen LogP contribution is -2.36. The molecule has 8 heteroatoms. The Hall–Kier alpha value is -2.82. The maximum Gasteiger partial charge on any atom is 0.417 e. The fourth-order valence-corrected chi connectivity index (χ4v) is 2.80. The standard InChI is InChI=1S/C18H17F3N4O/c19-18(20,21)15-2-4-17(24-11-15)26-12-13-5-7-25(8-6-13)16-3-1-14(9-22)10-23-16/h1-4,10-11,13H,5-8,12H2. The topological polar surface area (TPSA) is 62.0 Å². The van der Waals surface area contributed by atoms with E-state index in [4.69, 9.17) is 10.00 Å². The first-order valence-corrected chi connectivity index (χ1v) is 8.23. The number of nitriles is 1. The zero-order valence-corrected chi connectivity index (χ0v) is 13.9. The first-order chi connectivity index (χ1) is 12.5. The molecule has 0 aromatic carbocycles. The lowest BCUT2D eigenvalue weighted by molar-refractivity contribution is -0.137. The Kier molecular flexibility index (Phi) is 5.26. The molecule has 1 saturated heterocycles. The van der Waals surface area contributed by atoms with Crippen molar-refractivity contribution >= 4 is 5.82 Å². The largest absolute Gasteiger partial charge is 0.477 e. The number of nitrogens with zero attached hydrogens (tertiary/aromatic N) is 4. The summed E-state index contributed by atoms with van der Waals surface area (Å²) < 4.78 is 43.1. The average Bonchev–Trinajstić information content (AvgIpc) is 2.66. The number of pyridine rings is 2. The van der Waals surface area contributed by atoms with Crippen LogP contribution in [-0.4, -0.2) is 29.7 Å². The third-order valence-electron chi connectivity index (χ3n) is 4.35. The van der Waals surface area contributed by atoms with E-state index in [0.717, 1.165) is 44.0 Å². The third-order valence-corrected chi connectivity index (χ3v) is 4.35. The van der Waals surface area contributed by atoms with E-state index in [1.165, 1.54) is 6.07 Å². The quantitative estimate of drug-likeness (QED) is 0.831. The Morgan fingerprint density at radius 2 is 1.88 bits per heavy atom. The number of aromatic nitrogens is 2. The van der Waals surface area contributed by atoms with Crippen LogP contribution in [0.5, 0.6) is 5.88 Å². The van der Waals surface area contributed by atoms with E-state index in [9.17, 15) is 13.2 Å². The van der Waals surface area contributed by atoms with Crippen molar-refractivity contribution in [3.63, 3.8) is 0 Å². The molecule has 136 valence electrons. The van der Waals surface area contributed by atoms with Crippen molar-refractivity contribution in [3.8, 4) is 11.9 Å². The molecule has 0 atom stereocenters. The Balaban J connectivity index is 1.47. The SMILES string of the molecule is N#Cc1ccc(N2CCC(COc3ccc(C(F)(F)F)cn3)CC2)nc1. The van der Waals surface area contributed by atoms with Crippen molar-refractivity contribution in [1.82, 2.24) is 9.97 Å². The molecular weight excluding hydrogens is 345 g/mol. The highest BCUT2D eigenvalue weighted by molar-refractivity contribution is 5.42. The van der Waals surface area contributed by atoms with Gasteiger partial charge >= 0.3 is 6.18 Å². The summed E-state index contributed by atoms with van der Waals surface area (Å²) in [6.07, 6.45) is -0.266. The van der Waals surface area contributed by atoms with Gasteiger partial charge in [0.1, 0.15) is 11.9 Å². The van der Waals surface area contributed by atoms with Crippen LogP contribution in [-0.2, 0) is 6.18 Å². The van der Waals surface area contributed by atoms with Gasteiger partial charge in [0.25, 0.3) is 0 Å². The third kappa shape index (κ3) is 4.42. The van der Waals surface area contributed by atoms with E-state index >= 15 is 0 Å². The molecule has 0 unspecified atom stereocenters. The number of halogens is 3. The van der Waals surface area contributed by atoms with Crippen LogP contribution in [0.4, 0.5) is 19.0 Å². The van der Waals surface area contributed by atoms with Crippen molar-refractivity contribution in [2.45, 2.75) is 19.0 Å². The van der Waals surface area contributed by atoms with E-state index < -0.39 is 11.7 Å². The van der Waals surface area contributed by atoms with E-state index in [0.29, 0.717) is 18.1 Å². The van der Waals surface area contributed by atoms with Gasteiger partial charge in [0.15, 0.2) is 0 Å². The van der Waals surface area contributed by atoms with Gasteiger partial charge in [-0.1, -0.05) is 0 Å². The fourth-order valence-electron chi connectivity index (χ4n) is 2.80. The van der Waals surface area contributed by atoms with Gasteiger partial charge in [0, 0.05) is 31.5 Å². The minimum Gasteiger partial charge on any atom is -0.477 e. The van der Waals surface area contributed by atoms with E-state index in [-0.39, 0.29) is 5.88 Å². The molecule has 0 radical (unpaired) electrons. The average molecular weight is 362 g/mol. The predicted molar refractivity (Wildman–Crippen MR) is 88.6 cm³/mol. The van der Waals surface area contributed by atoms with Crippen molar-refractivity contribution in [1.29, 1.82) is 5.26 Å². The molecule has 2 aromatic heterocycles. The summed E-state index contributed by atoms with van der Waals surface area (Å²) in [7, 11) is 0. The highest BCUT2D eigenvalue weighted by atomic mass is 19.4. The van der Waals surface area contributed by atoms with Crippen LogP contribution in [0.25, 0.3) is 0 Å². The normalized spacial score (nSPS) is 15.5. The number of rotatable bonds is 4. The number of anilines is 1. The van der Waals surface area contributed by atoms with Crippen LogP contribution < -0.4 is 9.64 Å². The number of hydrogen-bond acceptors (Lipinski definition) is 5. The van der Waals surface area contributed by atoms with E-state index in [1.54, 1.807) is 12.3 Å². The summed E-state index contributed by atoms with van der Waals surface area (Å²) in [4.78, 5) is 10.2. The Bertz CT molecular complexity index is 761. The Labute approximate surface area is 149 Å². The summed E-state index contributed by atoms with van der Waals surface area (Å²) in [5.74, 6) is 1.36. The van der Waals surface area contributed by atoms with Gasteiger partial charge < -0.3 is 9.64 Å². The molecule has 1 aliphatic heterocycles. The van der Waals surface area contributed by atoms with E-state index in [1.807, 2.05) is 12.1 Å². The van der Waals surface area contributed by atoms with Crippen molar-refractivity contribution in [2.75, 3.05) is 24.6 Å². The minimum absolute atomic E-state index is 0.203. The number of alkyl halides is 3. The van der Waals surface area contributed by atoms with Crippen molar-refractivity contribution < 1.29 is 17.9 Å². The number of ether oxygens (including phenoxy) is 1. The highest BCUT2D eigenvalue weighted by Gasteiger charge is 2.30. The number of piperidine rings is 1. The Morgan fingerprint density at radius 3 is 2.42 bits per heavy atom. The predicted octanol–water partition coefficient (Wildman–Crippen LogP) is 3.66. The second kappa shape index (κ2) is 7.60. The second-order valence-electron chi connectivity index (χ2n) is 6.14. The summed E-state index contributed by atoms with van der Waals surface area (Å²) in [5, 5.41) is 8.80. The summed E-state index contributed by atoms with van der Waals surface area (Å²) in [5.41, 5.74) is -0.255. The van der Waals surface area contributed by atoms with Gasteiger partial charge in [-0.3, -0.25) is 0 Å². The molecule has 3 heterocycles. The highest BCUT2D eigenvalue weighted by Crippen LogP contribution is 2.29. The maximum absolute atomic E-state index is 12.5. The van der Waals surface area contributed by atoms with Crippen LogP contribution in [0, 0.1) is 17.2 Å². The molecule has 1 aliphatic rings. The number of hydrogen-bond donors (Lipinski definition) is 0. The molecule has 5 nitrogen and oxygen atoms in total. The lowest BCUT2D eigenvalue weighted by atomic mass is 9.98. The van der Waals surface area contributed by atoms with Crippen LogP contribution >= 0.6 is 0 Å². The first kappa shape index (κ1) is 18.0. The molecular formula is C18H17F3N4O. The first-order valence-electron chi connectivity index (χ1n) is 8.23. The van der Waals surface area contributed by atoms with Crippen LogP contribution in [0.1, 0.15) is 24.0 Å². The monoisotopic (exact) mass is 362 g/mol. The minimum atomic E-state index is -4.39. The van der Waals surface area contributed by atoms with Crippen molar-refractivity contribution in [2.24, 2.45) is 5.92 Å². The molecule has 0 aliphatic carbocycles. The maximum atomic E-state index is 12.5. The molecule has 0 N–H and O–H groups in total. The smallest absolute Gasteiger partial charge is 0.417 e. The molecule has 26 heavy (non-hydrogen) atoms. The van der Waals surface area contributed by atoms with Crippen LogP contribution in [0.15, 0.2) is 36.7 Å². The zero-order valence-electron chi connectivity index (χ0n) is 13.9. The molecule has 0 saturated carbocycles. The molecule has 1 fully saturated rings. The van der Waals surface area contributed by atoms with Gasteiger partial charge in [-0.25, -0.2) is 9.97 Å². The molecule has 3 rings (SSSR count). The second-order valence-corrected chi connectivity index (χ2v) is 6.14.